The van der Waals surface area contributed by atoms with Gasteiger partial charge in [0.25, 0.3) is 0 Å². The first-order chi connectivity index (χ1) is 11.9. The van der Waals surface area contributed by atoms with E-state index in [1.807, 2.05) is 30.3 Å². The number of sulfonamides is 1. The van der Waals surface area contributed by atoms with Crippen LogP contribution in [0.3, 0.4) is 0 Å². The van der Waals surface area contributed by atoms with Crippen molar-refractivity contribution in [3.05, 3.63) is 53.6 Å². The average molecular weight is 362 g/mol. The number of hydrogen-bond acceptors (Lipinski definition) is 4. The Morgan fingerprint density at radius 2 is 2.04 bits per heavy atom. The van der Waals surface area contributed by atoms with Gasteiger partial charge in [0.15, 0.2) is 0 Å². The maximum absolute atomic E-state index is 12.8. The topological polar surface area (TPSA) is 84.3 Å². The smallest absolute Gasteiger partial charge is 0.244 e. The van der Waals surface area contributed by atoms with Gasteiger partial charge in [-0.1, -0.05) is 30.3 Å². The predicted octanol–water partition coefficient (Wildman–Crippen LogP) is 0.638. The molecule has 1 aliphatic rings. The molecule has 1 aromatic carbocycles. The third kappa shape index (κ3) is 3.74. The van der Waals surface area contributed by atoms with Crippen molar-refractivity contribution in [1.29, 1.82) is 0 Å². The molecular formula is C17H22N4O3S. The lowest BCUT2D eigenvalue weighted by atomic mass is 10.0. The second-order valence-electron chi connectivity index (χ2n) is 6.24. The van der Waals surface area contributed by atoms with E-state index in [0.29, 0.717) is 25.1 Å². The summed E-state index contributed by atoms with van der Waals surface area (Å²) in [5, 5.41) is 2.87. The van der Waals surface area contributed by atoms with Gasteiger partial charge in [-0.2, -0.15) is 4.31 Å². The number of nitrogens with one attached hydrogen (secondary N) is 1. The summed E-state index contributed by atoms with van der Waals surface area (Å²) < 4.78 is 27.3. The molecule has 0 radical (unpaired) electrons. The first kappa shape index (κ1) is 17.6. The Balaban J connectivity index is 1.78. The molecule has 0 saturated heterocycles. The maximum Gasteiger partial charge on any atom is 0.244 e. The van der Waals surface area contributed by atoms with Gasteiger partial charge in [0.2, 0.25) is 15.9 Å². The number of imidazole rings is 1. The quantitative estimate of drug-likeness (QED) is 0.846. The molecule has 0 saturated carbocycles. The summed E-state index contributed by atoms with van der Waals surface area (Å²) in [6.45, 7) is 0.712. The molecule has 1 unspecified atom stereocenters. The monoisotopic (exact) mass is 362 g/mol. The highest BCUT2D eigenvalue weighted by atomic mass is 32.2. The minimum atomic E-state index is -3.50. The van der Waals surface area contributed by atoms with E-state index >= 15 is 0 Å². The summed E-state index contributed by atoms with van der Waals surface area (Å²) in [7, 11) is -1.72. The van der Waals surface area contributed by atoms with Gasteiger partial charge in [-0.3, -0.25) is 4.79 Å². The van der Waals surface area contributed by atoms with Crippen LogP contribution in [-0.2, 0) is 34.7 Å². The lowest BCUT2D eigenvalue weighted by molar-refractivity contribution is -0.125. The van der Waals surface area contributed by atoms with Crippen LogP contribution in [-0.4, -0.2) is 47.5 Å². The van der Waals surface area contributed by atoms with E-state index < -0.39 is 16.1 Å². The van der Waals surface area contributed by atoms with Gasteiger partial charge in [0, 0.05) is 26.6 Å². The maximum atomic E-state index is 12.8. The Morgan fingerprint density at radius 3 is 2.72 bits per heavy atom. The number of fused-ring (bicyclic) bond motifs is 1. The van der Waals surface area contributed by atoms with Crippen LogP contribution in [0.4, 0.5) is 0 Å². The molecule has 1 atom stereocenters. The van der Waals surface area contributed by atoms with Crippen molar-refractivity contribution in [2.45, 2.75) is 18.9 Å². The van der Waals surface area contributed by atoms with Gasteiger partial charge in [-0.15, -0.1) is 0 Å². The highest BCUT2D eigenvalue weighted by Gasteiger charge is 2.40. The average Bonchev–Trinajstić information content (AvgIpc) is 2.95. The number of rotatable bonds is 5. The molecule has 25 heavy (non-hydrogen) atoms. The molecule has 0 fully saturated rings. The molecule has 8 heteroatoms. The third-order valence-electron chi connectivity index (χ3n) is 4.41. The van der Waals surface area contributed by atoms with Gasteiger partial charge in [0.1, 0.15) is 6.04 Å². The molecule has 1 N–H and O–H groups in total. The van der Waals surface area contributed by atoms with Crippen molar-refractivity contribution >= 4 is 15.9 Å². The number of hydrogen-bond donors (Lipinski definition) is 1. The summed E-state index contributed by atoms with van der Waals surface area (Å²) in [5.74, 6) is -0.314. The highest BCUT2D eigenvalue weighted by Crippen LogP contribution is 2.30. The molecule has 0 bridgehead atoms. The normalized spacial score (nSPS) is 17.9. The van der Waals surface area contributed by atoms with Crippen molar-refractivity contribution in [3.8, 4) is 0 Å². The SMILES string of the molecule is Cn1cnc2c1C(C(=O)NCCc1ccccc1)N(S(C)(=O)=O)CC2. The van der Waals surface area contributed by atoms with Crippen LogP contribution in [0, 0.1) is 0 Å². The summed E-state index contributed by atoms with van der Waals surface area (Å²) >= 11 is 0. The molecule has 7 nitrogen and oxygen atoms in total. The van der Waals surface area contributed by atoms with Crippen LogP contribution in [0.15, 0.2) is 36.7 Å². The van der Waals surface area contributed by atoms with E-state index in [9.17, 15) is 13.2 Å². The van der Waals surface area contributed by atoms with Crippen LogP contribution in [0.2, 0.25) is 0 Å². The summed E-state index contributed by atoms with van der Waals surface area (Å²) in [4.78, 5) is 17.1. The minimum absolute atomic E-state index is 0.264. The Kier molecular flexibility index (Phi) is 4.91. The lowest BCUT2D eigenvalue weighted by Crippen LogP contribution is -2.47. The molecule has 0 aliphatic carbocycles. The second-order valence-corrected chi connectivity index (χ2v) is 8.18. The number of benzene rings is 1. The number of aromatic nitrogens is 2. The number of carbonyl (C=O) groups excluding carboxylic acids is 1. The van der Waals surface area contributed by atoms with Crippen LogP contribution in [0.1, 0.15) is 23.0 Å². The Hall–Kier alpha value is -2.19. The van der Waals surface area contributed by atoms with Crippen molar-refractivity contribution < 1.29 is 13.2 Å². The lowest BCUT2D eigenvalue weighted by Gasteiger charge is -2.33. The molecule has 0 spiro atoms. The van der Waals surface area contributed by atoms with Crippen molar-refractivity contribution in [2.24, 2.45) is 7.05 Å². The number of carbonyl (C=O) groups is 1. The second kappa shape index (κ2) is 6.97. The third-order valence-corrected chi connectivity index (χ3v) is 5.65. The Morgan fingerprint density at radius 1 is 1.32 bits per heavy atom. The summed E-state index contributed by atoms with van der Waals surface area (Å²) in [5.41, 5.74) is 2.55. The largest absolute Gasteiger partial charge is 0.354 e. The molecule has 2 aromatic rings. The fraction of sp³-hybridized carbons (Fsp3) is 0.412. The molecule has 1 amide bonds. The fourth-order valence-electron chi connectivity index (χ4n) is 3.20. The first-order valence-corrected chi connectivity index (χ1v) is 10.0. The minimum Gasteiger partial charge on any atom is -0.354 e. The zero-order valence-electron chi connectivity index (χ0n) is 14.3. The van der Waals surface area contributed by atoms with E-state index in [0.717, 1.165) is 17.5 Å². The van der Waals surface area contributed by atoms with Crippen LogP contribution in [0.5, 0.6) is 0 Å². The van der Waals surface area contributed by atoms with E-state index in [2.05, 4.69) is 10.3 Å². The van der Waals surface area contributed by atoms with Crippen molar-refractivity contribution in [1.82, 2.24) is 19.2 Å². The molecule has 1 aromatic heterocycles. The van der Waals surface area contributed by atoms with Crippen LogP contribution in [0.25, 0.3) is 0 Å². The fourth-order valence-corrected chi connectivity index (χ4v) is 4.20. The molecule has 134 valence electrons. The number of nitrogens with zero attached hydrogens (tertiary/aromatic N) is 3. The molecule has 3 rings (SSSR count). The van der Waals surface area contributed by atoms with E-state index in [4.69, 9.17) is 0 Å². The zero-order chi connectivity index (χ0) is 18.0. The first-order valence-electron chi connectivity index (χ1n) is 8.16. The number of amides is 1. The van der Waals surface area contributed by atoms with Crippen molar-refractivity contribution in [2.75, 3.05) is 19.3 Å². The van der Waals surface area contributed by atoms with Gasteiger partial charge >= 0.3 is 0 Å². The highest BCUT2D eigenvalue weighted by molar-refractivity contribution is 7.88. The van der Waals surface area contributed by atoms with E-state index in [1.54, 1.807) is 17.9 Å². The van der Waals surface area contributed by atoms with Crippen LogP contribution >= 0.6 is 0 Å². The zero-order valence-corrected chi connectivity index (χ0v) is 15.2. The standard InChI is InChI=1S/C17H22N4O3S/c1-20-12-19-14-9-11-21(25(2,23)24)16(15(14)20)17(22)18-10-8-13-6-4-3-5-7-13/h3-7,12,16H,8-11H2,1-2H3,(H,18,22). The Labute approximate surface area is 147 Å². The van der Waals surface area contributed by atoms with E-state index in [1.165, 1.54) is 4.31 Å². The van der Waals surface area contributed by atoms with Crippen molar-refractivity contribution in [3.63, 3.8) is 0 Å². The summed E-state index contributed by atoms with van der Waals surface area (Å²) in [6.07, 6.45) is 3.97. The molecule has 1 aliphatic heterocycles. The number of aryl methyl sites for hydroxylation is 1. The van der Waals surface area contributed by atoms with Gasteiger partial charge in [0.05, 0.1) is 24.0 Å². The molecular weight excluding hydrogens is 340 g/mol. The van der Waals surface area contributed by atoms with Crippen LogP contribution < -0.4 is 5.32 Å². The predicted molar refractivity (Wildman–Crippen MR) is 94.4 cm³/mol. The molecule has 2 heterocycles. The van der Waals surface area contributed by atoms with Gasteiger partial charge in [-0.25, -0.2) is 13.4 Å². The summed E-state index contributed by atoms with van der Waals surface area (Å²) in [6, 6.07) is 8.96. The van der Waals surface area contributed by atoms with Gasteiger partial charge < -0.3 is 9.88 Å². The van der Waals surface area contributed by atoms with E-state index in [-0.39, 0.29) is 12.5 Å². The Bertz CT molecular complexity index is 861. The van der Waals surface area contributed by atoms with Gasteiger partial charge in [-0.05, 0) is 12.0 Å².